The number of hydrogen-bond donors (Lipinski definition) is 1. The summed E-state index contributed by atoms with van der Waals surface area (Å²) < 4.78 is 1.14. The number of rotatable bonds is 4. The van der Waals surface area contributed by atoms with Crippen molar-refractivity contribution in [2.45, 2.75) is 25.8 Å². The second kappa shape index (κ2) is 4.65. The molecule has 1 aliphatic rings. The molecule has 0 amide bonds. The third-order valence-corrected chi connectivity index (χ3v) is 4.63. The van der Waals surface area contributed by atoms with Crippen LogP contribution in [0.3, 0.4) is 0 Å². The Kier molecular flexibility index (Phi) is 3.45. The van der Waals surface area contributed by atoms with E-state index in [0.29, 0.717) is 0 Å². The van der Waals surface area contributed by atoms with Gasteiger partial charge in [-0.25, -0.2) is 0 Å². The molecule has 80 valence electrons. The Morgan fingerprint density at radius 1 is 1.60 bits per heavy atom. The lowest BCUT2D eigenvalue weighted by Gasteiger charge is -2.35. The normalized spacial score (nSPS) is 18.1. The van der Waals surface area contributed by atoms with Crippen molar-refractivity contribution in [3.63, 3.8) is 0 Å². The molecule has 1 aliphatic carbocycles. The van der Waals surface area contributed by atoms with Gasteiger partial charge in [0.1, 0.15) is 0 Å². The zero-order valence-corrected chi connectivity index (χ0v) is 10.8. The maximum absolute atomic E-state index is 9.04. The first-order chi connectivity index (χ1) is 7.24. The Bertz CT molecular complexity index is 376. The smallest absolute Gasteiger partial charge is 0.0703 e. The third kappa shape index (κ3) is 2.60. The molecular formula is C11H13BrN2S. The minimum atomic E-state index is -0.0610. The molecule has 0 unspecified atom stereocenters. The van der Waals surface area contributed by atoms with E-state index in [4.69, 9.17) is 5.26 Å². The minimum Gasteiger partial charge on any atom is -0.310 e. The van der Waals surface area contributed by atoms with E-state index in [1.165, 1.54) is 11.3 Å². The van der Waals surface area contributed by atoms with Gasteiger partial charge in [0.2, 0.25) is 0 Å². The van der Waals surface area contributed by atoms with Gasteiger partial charge in [0.25, 0.3) is 0 Å². The van der Waals surface area contributed by atoms with Crippen molar-refractivity contribution in [2.75, 3.05) is 6.54 Å². The van der Waals surface area contributed by atoms with Crippen LogP contribution < -0.4 is 5.32 Å². The standard InChI is InChI=1S/C11H13BrN2S/c12-9-4-10(15-6-9)5-14-8-11(7-13)2-1-3-11/h4,6,14H,1-3,5,8H2. The fraction of sp³-hybridized carbons (Fsp3) is 0.545. The van der Waals surface area contributed by atoms with Crippen molar-refractivity contribution in [2.24, 2.45) is 5.41 Å². The van der Waals surface area contributed by atoms with Crippen LogP contribution in [0.15, 0.2) is 15.9 Å². The third-order valence-electron chi connectivity index (χ3n) is 2.93. The van der Waals surface area contributed by atoms with Crippen LogP contribution in [0.4, 0.5) is 0 Å². The predicted octanol–water partition coefficient (Wildman–Crippen LogP) is 3.29. The van der Waals surface area contributed by atoms with Gasteiger partial charge in [-0.3, -0.25) is 0 Å². The highest BCUT2D eigenvalue weighted by Gasteiger charge is 2.36. The van der Waals surface area contributed by atoms with E-state index < -0.39 is 0 Å². The van der Waals surface area contributed by atoms with Gasteiger partial charge < -0.3 is 5.32 Å². The van der Waals surface area contributed by atoms with Crippen LogP contribution in [0.25, 0.3) is 0 Å². The zero-order chi connectivity index (χ0) is 10.7. The average Bonchev–Trinajstić information content (AvgIpc) is 2.56. The number of nitrogens with one attached hydrogen (secondary N) is 1. The van der Waals surface area contributed by atoms with Crippen molar-refractivity contribution in [1.29, 1.82) is 5.26 Å². The van der Waals surface area contributed by atoms with Crippen LogP contribution in [0.5, 0.6) is 0 Å². The topological polar surface area (TPSA) is 35.8 Å². The summed E-state index contributed by atoms with van der Waals surface area (Å²) in [5.74, 6) is 0. The van der Waals surface area contributed by atoms with Crippen molar-refractivity contribution in [1.82, 2.24) is 5.32 Å². The Hall–Kier alpha value is -0.370. The van der Waals surface area contributed by atoms with Gasteiger partial charge >= 0.3 is 0 Å². The molecule has 1 heterocycles. The first kappa shape index (κ1) is 11.1. The number of thiophene rings is 1. The lowest BCUT2D eigenvalue weighted by atomic mass is 9.70. The molecule has 0 bridgehead atoms. The average molecular weight is 285 g/mol. The highest BCUT2D eigenvalue weighted by molar-refractivity contribution is 9.10. The molecule has 1 fully saturated rings. The summed E-state index contributed by atoms with van der Waals surface area (Å²) >= 11 is 5.17. The quantitative estimate of drug-likeness (QED) is 0.921. The number of hydrogen-bond acceptors (Lipinski definition) is 3. The molecule has 15 heavy (non-hydrogen) atoms. The Labute approximate surface area is 102 Å². The number of nitrogens with zero attached hydrogens (tertiary/aromatic N) is 1. The Morgan fingerprint density at radius 2 is 2.40 bits per heavy atom. The van der Waals surface area contributed by atoms with Crippen LogP contribution in [0.2, 0.25) is 0 Å². The molecule has 1 saturated carbocycles. The van der Waals surface area contributed by atoms with Crippen LogP contribution >= 0.6 is 27.3 Å². The van der Waals surface area contributed by atoms with Gasteiger partial charge in [-0.1, -0.05) is 6.42 Å². The van der Waals surface area contributed by atoms with E-state index in [1.54, 1.807) is 11.3 Å². The van der Waals surface area contributed by atoms with Crippen molar-refractivity contribution >= 4 is 27.3 Å². The Morgan fingerprint density at radius 3 is 2.87 bits per heavy atom. The number of nitriles is 1. The molecule has 0 saturated heterocycles. The van der Waals surface area contributed by atoms with Gasteiger partial charge in [-0.2, -0.15) is 5.26 Å². The first-order valence-corrected chi connectivity index (χ1v) is 6.76. The van der Waals surface area contributed by atoms with Crippen LogP contribution in [-0.2, 0) is 6.54 Å². The first-order valence-electron chi connectivity index (χ1n) is 5.09. The maximum Gasteiger partial charge on any atom is 0.0703 e. The lowest BCUT2D eigenvalue weighted by Crippen LogP contribution is -2.38. The molecule has 1 N–H and O–H groups in total. The van der Waals surface area contributed by atoms with E-state index in [-0.39, 0.29) is 5.41 Å². The fourth-order valence-corrected chi connectivity index (χ4v) is 3.22. The van der Waals surface area contributed by atoms with Crippen molar-refractivity contribution < 1.29 is 0 Å². The largest absolute Gasteiger partial charge is 0.310 e. The summed E-state index contributed by atoms with van der Waals surface area (Å²) in [5, 5.41) is 14.5. The van der Waals surface area contributed by atoms with Crippen LogP contribution in [-0.4, -0.2) is 6.54 Å². The van der Waals surface area contributed by atoms with Crippen LogP contribution in [0, 0.1) is 16.7 Å². The summed E-state index contributed by atoms with van der Waals surface area (Å²) in [6.07, 6.45) is 3.33. The summed E-state index contributed by atoms with van der Waals surface area (Å²) in [6, 6.07) is 4.56. The summed E-state index contributed by atoms with van der Waals surface area (Å²) in [5.41, 5.74) is -0.0610. The van der Waals surface area contributed by atoms with Gasteiger partial charge in [0.15, 0.2) is 0 Å². The van der Waals surface area contributed by atoms with E-state index in [2.05, 4.69) is 38.8 Å². The molecule has 0 aromatic carbocycles. The van der Waals surface area contributed by atoms with E-state index in [1.807, 2.05) is 0 Å². The van der Waals surface area contributed by atoms with Gasteiger partial charge in [-0.15, -0.1) is 11.3 Å². The van der Waals surface area contributed by atoms with E-state index in [0.717, 1.165) is 30.4 Å². The van der Waals surface area contributed by atoms with Gasteiger partial charge in [0, 0.05) is 27.8 Å². The van der Waals surface area contributed by atoms with Gasteiger partial charge in [0.05, 0.1) is 11.5 Å². The molecule has 0 aliphatic heterocycles. The monoisotopic (exact) mass is 284 g/mol. The fourth-order valence-electron chi connectivity index (χ4n) is 1.80. The molecule has 0 radical (unpaired) electrons. The van der Waals surface area contributed by atoms with Gasteiger partial charge in [-0.05, 0) is 34.8 Å². The zero-order valence-electron chi connectivity index (χ0n) is 8.42. The highest BCUT2D eigenvalue weighted by atomic mass is 79.9. The van der Waals surface area contributed by atoms with Crippen molar-refractivity contribution in [3.05, 3.63) is 20.8 Å². The molecule has 1 aromatic heterocycles. The number of halogens is 1. The highest BCUT2D eigenvalue weighted by Crippen LogP contribution is 2.39. The van der Waals surface area contributed by atoms with Crippen molar-refractivity contribution in [3.8, 4) is 6.07 Å². The molecule has 4 heteroatoms. The predicted molar refractivity (Wildman–Crippen MR) is 65.6 cm³/mol. The molecule has 2 nitrogen and oxygen atoms in total. The molecule has 0 spiro atoms. The van der Waals surface area contributed by atoms with E-state index in [9.17, 15) is 0 Å². The second-order valence-corrected chi connectivity index (χ2v) is 5.99. The lowest BCUT2D eigenvalue weighted by molar-refractivity contribution is 0.207. The summed E-state index contributed by atoms with van der Waals surface area (Å²) in [7, 11) is 0. The summed E-state index contributed by atoms with van der Waals surface area (Å²) in [4.78, 5) is 1.31. The Balaban J connectivity index is 1.78. The second-order valence-electron chi connectivity index (χ2n) is 4.08. The van der Waals surface area contributed by atoms with E-state index >= 15 is 0 Å². The molecular weight excluding hydrogens is 272 g/mol. The summed E-state index contributed by atoms with van der Waals surface area (Å²) in [6.45, 7) is 1.71. The maximum atomic E-state index is 9.04. The minimum absolute atomic E-state index is 0.0610. The SMILES string of the molecule is N#CC1(CNCc2cc(Br)cs2)CCC1. The molecule has 2 rings (SSSR count). The molecule has 1 aromatic rings. The molecule has 0 atom stereocenters. The van der Waals surface area contributed by atoms with Crippen LogP contribution in [0.1, 0.15) is 24.1 Å².